The van der Waals surface area contributed by atoms with Crippen LogP contribution in [0.2, 0.25) is 0 Å². The van der Waals surface area contributed by atoms with Gasteiger partial charge in [0.15, 0.2) is 0 Å². The zero-order valence-electron chi connectivity index (χ0n) is 14.7. The predicted octanol–water partition coefficient (Wildman–Crippen LogP) is 5.46. The number of carbonyl (C=O) groups excluding carboxylic acids is 2. The van der Waals surface area contributed by atoms with E-state index in [2.05, 4.69) is 49.2 Å². The van der Waals surface area contributed by atoms with Gasteiger partial charge < -0.3 is 10.6 Å². The van der Waals surface area contributed by atoms with Crippen LogP contribution in [-0.2, 0) is 4.79 Å². The molecule has 28 heavy (non-hydrogen) atoms. The van der Waals surface area contributed by atoms with Crippen molar-refractivity contribution in [2.75, 3.05) is 5.32 Å². The lowest BCUT2D eigenvalue weighted by molar-refractivity contribution is -0.113. The van der Waals surface area contributed by atoms with Crippen molar-refractivity contribution in [2.45, 2.75) is 0 Å². The van der Waals surface area contributed by atoms with Crippen LogP contribution in [0.5, 0.6) is 0 Å². The fraction of sp³-hybridized carbons (Fsp3) is 0. The number of hydrogen-bond donors (Lipinski definition) is 2. The van der Waals surface area contributed by atoms with E-state index in [1.54, 1.807) is 30.3 Å². The van der Waals surface area contributed by atoms with Gasteiger partial charge in [0.05, 0.1) is 0 Å². The molecular formula is C22H16BrIN2O2. The second-order valence-electron chi connectivity index (χ2n) is 5.89. The summed E-state index contributed by atoms with van der Waals surface area (Å²) in [6, 6.07) is 23.7. The first kappa shape index (κ1) is 20.3. The molecule has 0 bridgehead atoms. The summed E-state index contributed by atoms with van der Waals surface area (Å²) >= 11 is 5.59. The highest BCUT2D eigenvalue weighted by molar-refractivity contribution is 14.1. The Morgan fingerprint density at radius 3 is 2.14 bits per heavy atom. The highest BCUT2D eigenvalue weighted by Gasteiger charge is 2.15. The fourth-order valence-corrected chi connectivity index (χ4v) is 3.02. The second kappa shape index (κ2) is 9.66. The molecule has 2 N–H and O–H groups in total. The lowest BCUT2D eigenvalue weighted by Crippen LogP contribution is -2.30. The SMILES string of the molecule is O=C(Nc1ccc(I)cc1)/C(=C\c1ccc(Br)cc1)NC(=O)c1ccccc1. The summed E-state index contributed by atoms with van der Waals surface area (Å²) < 4.78 is 2.00. The average Bonchev–Trinajstić information content (AvgIpc) is 2.71. The number of halogens is 2. The molecule has 0 unspecified atom stereocenters. The van der Waals surface area contributed by atoms with E-state index in [1.165, 1.54) is 0 Å². The molecule has 6 heteroatoms. The quantitative estimate of drug-likeness (QED) is 0.329. The van der Waals surface area contributed by atoms with Crippen LogP contribution in [0.25, 0.3) is 6.08 Å². The molecule has 140 valence electrons. The standard InChI is InChI=1S/C22H16BrIN2O2/c23-17-8-6-15(7-9-17)14-20(26-21(27)16-4-2-1-3-5-16)22(28)25-19-12-10-18(24)11-13-19/h1-14H,(H,25,28)(H,26,27)/b20-14+. The third-order valence-electron chi connectivity index (χ3n) is 3.81. The number of rotatable bonds is 5. The van der Waals surface area contributed by atoms with Crippen molar-refractivity contribution >= 4 is 62.1 Å². The van der Waals surface area contributed by atoms with Gasteiger partial charge >= 0.3 is 0 Å². The molecule has 0 atom stereocenters. The van der Waals surface area contributed by atoms with Crippen molar-refractivity contribution in [3.8, 4) is 0 Å². The monoisotopic (exact) mass is 546 g/mol. The van der Waals surface area contributed by atoms with Gasteiger partial charge in [-0.25, -0.2) is 0 Å². The van der Waals surface area contributed by atoms with Crippen molar-refractivity contribution < 1.29 is 9.59 Å². The highest BCUT2D eigenvalue weighted by atomic mass is 127. The van der Waals surface area contributed by atoms with E-state index in [9.17, 15) is 9.59 Å². The van der Waals surface area contributed by atoms with Crippen LogP contribution in [0.15, 0.2) is 89.0 Å². The molecule has 0 aliphatic rings. The van der Waals surface area contributed by atoms with Gasteiger partial charge in [-0.05, 0) is 82.8 Å². The lowest BCUT2D eigenvalue weighted by atomic mass is 10.1. The molecule has 0 heterocycles. The van der Waals surface area contributed by atoms with Crippen LogP contribution in [0.1, 0.15) is 15.9 Å². The number of anilines is 1. The topological polar surface area (TPSA) is 58.2 Å². The smallest absolute Gasteiger partial charge is 0.272 e. The molecule has 3 aromatic carbocycles. The second-order valence-corrected chi connectivity index (χ2v) is 8.05. The van der Waals surface area contributed by atoms with Crippen LogP contribution < -0.4 is 10.6 Å². The van der Waals surface area contributed by atoms with Crippen LogP contribution in [0.3, 0.4) is 0 Å². The Balaban J connectivity index is 1.86. The van der Waals surface area contributed by atoms with Crippen molar-refractivity contribution in [1.29, 1.82) is 0 Å². The molecule has 3 rings (SSSR count). The Kier molecular flexibility index (Phi) is 7.00. The van der Waals surface area contributed by atoms with Crippen molar-refractivity contribution in [3.63, 3.8) is 0 Å². The third kappa shape index (κ3) is 5.77. The van der Waals surface area contributed by atoms with E-state index in [0.717, 1.165) is 13.6 Å². The summed E-state index contributed by atoms with van der Waals surface area (Å²) in [5, 5.41) is 5.55. The van der Waals surface area contributed by atoms with E-state index >= 15 is 0 Å². The Morgan fingerprint density at radius 2 is 1.50 bits per heavy atom. The summed E-state index contributed by atoms with van der Waals surface area (Å²) in [7, 11) is 0. The molecule has 0 aliphatic heterocycles. The van der Waals surface area contributed by atoms with Crippen molar-refractivity contribution in [3.05, 3.63) is 104 Å². The summed E-state index contributed by atoms with van der Waals surface area (Å²) in [5.41, 5.74) is 2.09. The van der Waals surface area contributed by atoms with Crippen LogP contribution >= 0.6 is 38.5 Å². The van der Waals surface area contributed by atoms with Crippen LogP contribution in [-0.4, -0.2) is 11.8 Å². The Bertz CT molecular complexity index is 1000. The van der Waals surface area contributed by atoms with Gasteiger partial charge in [-0.2, -0.15) is 0 Å². The zero-order chi connectivity index (χ0) is 19.9. The molecule has 0 aromatic heterocycles. The number of amides is 2. The van der Waals surface area contributed by atoms with E-state index in [-0.39, 0.29) is 11.6 Å². The maximum absolute atomic E-state index is 12.8. The maximum Gasteiger partial charge on any atom is 0.272 e. The molecule has 0 radical (unpaired) electrons. The van der Waals surface area contributed by atoms with Gasteiger partial charge in [-0.1, -0.05) is 46.3 Å². The van der Waals surface area contributed by atoms with Crippen LogP contribution in [0, 0.1) is 3.57 Å². The van der Waals surface area contributed by atoms with Crippen molar-refractivity contribution in [1.82, 2.24) is 5.32 Å². The minimum atomic E-state index is -0.395. The van der Waals surface area contributed by atoms with E-state index < -0.39 is 5.91 Å². The zero-order valence-corrected chi connectivity index (χ0v) is 18.4. The normalized spacial score (nSPS) is 11.0. The molecule has 0 saturated heterocycles. The number of carbonyl (C=O) groups is 2. The summed E-state index contributed by atoms with van der Waals surface area (Å²) in [4.78, 5) is 25.4. The molecule has 0 aliphatic carbocycles. The predicted molar refractivity (Wildman–Crippen MR) is 124 cm³/mol. The van der Waals surface area contributed by atoms with Gasteiger partial charge in [0, 0.05) is 19.3 Å². The Hall–Kier alpha value is -2.45. The molecule has 2 amide bonds. The number of hydrogen-bond acceptors (Lipinski definition) is 2. The third-order valence-corrected chi connectivity index (χ3v) is 5.06. The number of benzene rings is 3. The molecule has 0 saturated carbocycles. The summed E-state index contributed by atoms with van der Waals surface area (Å²) in [5.74, 6) is -0.741. The van der Waals surface area contributed by atoms with Crippen LogP contribution in [0.4, 0.5) is 5.69 Å². The maximum atomic E-state index is 12.8. The van der Waals surface area contributed by atoms with E-state index in [1.807, 2.05) is 54.6 Å². The summed E-state index contributed by atoms with van der Waals surface area (Å²) in [6.07, 6.45) is 1.65. The van der Waals surface area contributed by atoms with Gasteiger partial charge in [0.1, 0.15) is 5.70 Å². The molecular weight excluding hydrogens is 531 g/mol. The number of nitrogens with one attached hydrogen (secondary N) is 2. The Morgan fingerprint density at radius 1 is 0.857 bits per heavy atom. The van der Waals surface area contributed by atoms with Gasteiger partial charge in [-0.15, -0.1) is 0 Å². The average molecular weight is 547 g/mol. The first-order chi connectivity index (χ1) is 13.5. The van der Waals surface area contributed by atoms with Crippen molar-refractivity contribution in [2.24, 2.45) is 0 Å². The molecule has 0 spiro atoms. The summed E-state index contributed by atoms with van der Waals surface area (Å²) in [6.45, 7) is 0. The van der Waals surface area contributed by atoms with Gasteiger partial charge in [0.2, 0.25) is 0 Å². The molecule has 0 fully saturated rings. The van der Waals surface area contributed by atoms with E-state index in [0.29, 0.717) is 11.3 Å². The largest absolute Gasteiger partial charge is 0.321 e. The minimum absolute atomic E-state index is 0.162. The first-order valence-electron chi connectivity index (χ1n) is 8.42. The molecule has 4 nitrogen and oxygen atoms in total. The highest BCUT2D eigenvalue weighted by Crippen LogP contribution is 2.15. The van der Waals surface area contributed by atoms with Gasteiger partial charge in [-0.3, -0.25) is 9.59 Å². The van der Waals surface area contributed by atoms with E-state index in [4.69, 9.17) is 0 Å². The van der Waals surface area contributed by atoms with Gasteiger partial charge in [0.25, 0.3) is 11.8 Å². The first-order valence-corrected chi connectivity index (χ1v) is 10.3. The Labute approximate surface area is 185 Å². The fourth-order valence-electron chi connectivity index (χ4n) is 2.40. The minimum Gasteiger partial charge on any atom is -0.321 e. The molecule has 3 aromatic rings. The lowest BCUT2D eigenvalue weighted by Gasteiger charge is -2.11.